The molecule has 17 heavy (non-hydrogen) atoms. The van der Waals surface area contributed by atoms with E-state index in [-0.39, 0.29) is 11.4 Å². The molecule has 1 unspecified atom stereocenters. The van der Waals surface area contributed by atoms with E-state index in [1.807, 2.05) is 6.07 Å². The summed E-state index contributed by atoms with van der Waals surface area (Å²) in [7, 11) is 0. The number of hydrogen-bond acceptors (Lipinski definition) is 2. The molecule has 0 bridgehead atoms. The molecule has 0 aliphatic heterocycles. The second-order valence-electron chi connectivity index (χ2n) is 4.05. The molecule has 1 aromatic rings. The van der Waals surface area contributed by atoms with E-state index < -0.39 is 0 Å². The Morgan fingerprint density at radius 1 is 1.53 bits per heavy atom. The summed E-state index contributed by atoms with van der Waals surface area (Å²) in [6.45, 7) is 4.16. The molecule has 0 saturated heterocycles. The summed E-state index contributed by atoms with van der Waals surface area (Å²) in [5.74, 6) is -0.0240. The minimum absolute atomic E-state index is 0.0240. The van der Waals surface area contributed by atoms with E-state index in [1.165, 1.54) is 11.3 Å². The van der Waals surface area contributed by atoms with E-state index in [0.29, 0.717) is 5.56 Å². The maximum atomic E-state index is 12.2. The van der Waals surface area contributed by atoms with Gasteiger partial charge < -0.3 is 5.32 Å². The number of halogens is 3. The highest BCUT2D eigenvalue weighted by atomic mass is 79.9. The van der Waals surface area contributed by atoms with Gasteiger partial charge in [0.25, 0.3) is 5.91 Å². The molecule has 0 aliphatic rings. The van der Waals surface area contributed by atoms with Gasteiger partial charge in [-0.1, -0.05) is 22.9 Å². The van der Waals surface area contributed by atoms with Crippen LogP contribution in [0.2, 0.25) is 0 Å². The zero-order valence-electron chi connectivity index (χ0n) is 9.65. The van der Waals surface area contributed by atoms with Gasteiger partial charge in [-0.3, -0.25) is 4.79 Å². The van der Waals surface area contributed by atoms with Crippen LogP contribution in [-0.2, 0) is 0 Å². The summed E-state index contributed by atoms with van der Waals surface area (Å²) >= 11 is 11.7. The van der Waals surface area contributed by atoms with Gasteiger partial charge in [0, 0.05) is 10.9 Å². The Morgan fingerprint density at radius 2 is 2.18 bits per heavy atom. The first-order valence-electron chi connectivity index (χ1n) is 5.25. The Morgan fingerprint density at radius 3 is 2.59 bits per heavy atom. The third kappa shape index (κ3) is 4.33. The summed E-state index contributed by atoms with van der Waals surface area (Å²) in [6, 6.07) is 1.84. The van der Waals surface area contributed by atoms with Crippen molar-refractivity contribution in [3.05, 3.63) is 19.2 Å². The third-order valence-electron chi connectivity index (χ3n) is 2.74. The second-order valence-corrected chi connectivity index (χ2v) is 8.59. The predicted octanol–water partition coefficient (Wildman–Crippen LogP) is 4.96. The first kappa shape index (κ1) is 15.7. The maximum Gasteiger partial charge on any atom is 0.253 e. The summed E-state index contributed by atoms with van der Waals surface area (Å²) in [5.41, 5.74) is 0.533. The average Bonchev–Trinajstić information content (AvgIpc) is 2.58. The van der Waals surface area contributed by atoms with Gasteiger partial charge in [-0.2, -0.15) is 0 Å². The molecular weight excluding hydrogens is 434 g/mol. The van der Waals surface area contributed by atoms with E-state index in [9.17, 15) is 4.79 Å². The lowest BCUT2D eigenvalue weighted by atomic mass is 9.95. The lowest BCUT2D eigenvalue weighted by molar-refractivity contribution is 0.0901. The smallest absolute Gasteiger partial charge is 0.253 e. The van der Waals surface area contributed by atoms with Crippen molar-refractivity contribution >= 4 is 65.0 Å². The average molecular weight is 448 g/mol. The Bertz CT molecular complexity index is 407. The van der Waals surface area contributed by atoms with Crippen molar-refractivity contribution in [2.75, 3.05) is 5.33 Å². The molecule has 6 heteroatoms. The van der Waals surface area contributed by atoms with Gasteiger partial charge in [0.15, 0.2) is 0 Å². The fourth-order valence-corrected chi connectivity index (χ4v) is 5.04. The fourth-order valence-electron chi connectivity index (χ4n) is 1.37. The van der Waals surface area contributed by atoms with Gasteiger partial charge in [-0.15, -0.1) is 11.3 Å². The van der Waals surface area contributed by atoms with Crippen LogP contribution in [0.4, 0.5) is 0 Å². The summed E-state index contributed by atoms with van der Waals surface area (Å²) < 4.78 is 1.81. The standard InChI is InChI=1S/C11H14Br3NOS/c1-3-11(2,4-5-12)15-10(16)7-6-8(13)17-9(7)14/h6H,3-5H2,1-2H3,(H,15,16). The van der Waals surface area contributed by atoms with Crippen LogP contribution in [0.1, 0.15) is 37.0 Å². The molecule has 0 fully saturated rings. The molecule has 2 nitrogen and oxygen atoms in total. The number of alkyl halides is 1. The van der Waals surface area contributed by atoms with Crippen molar-refractivity contribution in [3.8, 4) is 0 Å². The van der Waals surface area contributed by atoms with E-state index in [4.69, 9.17) is 0 Å². The summed E-state index contributed by atoms with van der Waals surface area (Å²) in [5, 5.41) is 3.98. The number of amides is 1. The minimum Gasteiger partial charge on any atom is -0.347 e. The van der Waals surface area contributed by atoms with Crippen LogP contribution in [0, 0.1) is 0 Å². The molecule has 0 aromatic carbocycles. The van der Waals surface area contributed by atoms with E-state index in [0.717, 1.165) is 25.7 Å². The molecule has 1 aromatic heterocycles. The molecule has 0 spiro atoms. The lowest BCUT2D eigenvalue weighted by Gasteiger charge is -2.29. The number of thiophene rings is 1. The molecule has 1 heterocycles. The van der Waals surface area contributed by atoms with Crippen molar-refractivity contribution in [1.82, 2.24) is 5.32 Å². The van der Waals surface area contributed by atoms with Gasteiger partial charge in [-0.25, -0.2) is 0 Å². The molecule has 0 aliphatic carbocycles. The van der Waals surface area contributed by atoms with Crippen LogP contribution in [0.5, 0.6) is 0 Å². The van der Waals surface area contributed by atoms with Crippen molar-refractivity contribution in [2.45, 2.75) is 32.2 Å². The van der Waals surface area contributed by atoms with Crippen molar-refractivity contribution in [2.24, 2.45) is 0 Å². The van der Waals surface area contributed by atoms with Crippen LogP contribution >= 0.6 is 59.1 Å². The SMILES string of the molecule is CCC(C)(CCBr)NC(=O)c1cc(Br)sc1Br. The van der Waals surface area contributed by atoms with E-state index in [2.05, 4.69) is 67.0 Å². The fraction of sp³-hybridized carbons (Fsp3) is 0.545. The summed E-state index contributed by atoms with van der Waals surface area (Å²) in [4.78, 5) is 12.2. The molecule has 1 N–H and O–H groups in total. The van der Waals surface area contributed by atoms with Gasteiger partial charge in [0.05, 0.1) is 13.1 Å². The highest BCUT2D eigenvalue weighted by Gasteiger charge is 2.25. The van der Waals surface area contributed by atoms with Crippen molar-refractivity contribution in [3.63, 3.8) is 0 Å². The van der Waals surface area contributed by atoms with Crippen LogP contribution in [0.3, 0.4) is 0 Å². The Balaban J connectivity index is 2.81. The molecule has 1 atom stereocenters. The van der Waals surface area contributed by atoms with Crippen LogP contribution in [0.25, 0.3) is 0 Å². The molecule has 1 rings (SSSR count). The van der Waals surface area contributed by atoms with Gasteiger partial charge >= 0.3 is 0 Å². The van der Waals surface area contributed by atoms with Gasteiger partial charge in [-0.05, 0) is 57.7 Å². The molecular formula is C11H14Br3NOS. The Labute approximate surface area is 131 Å². The minimum atomic E-state index is -0.158. The highest BCUT2D eigenvalue weighted by Crippen LogP contribution is 2.32. The number of carbonyl (C=O) groups is 1. The quantitative estimate of drug-likeness (QED) is 0.635. The van der Waals surface area contributed by atoms with Crippen LogP contribution < -0.4 is 5.32 Å². The predicted molar refractivity (Wildman–Crippen MR) is 84.3 cm³/mol. The molecule has 96 valence electrons. The zero-order chi connectivity index (χ0) is 13.1. The third-order valence-corrected chi connectivity index (χ3v) is 5.48. The second kappa shape index (κ2) is 6.68. The lowest BCUT2D eigenvalue weighted by Crippen LogP contribution is -2.45. The number of rotatable bonds is 5. The van der Waals surface area contributed by atoms with E-state index in [1.54, 1.807) is 0 Å². The molecule has 0 radical (unpaired) electrons. The largest absolute Gasteiger partial charge is 0.347 e. The normalized spacial score (nSPS) is 14.4. The molecule has 1 amide bonds. The van der Waals surface area contributed by atoms with E-state index >= 15 is 0 Å². The number of nitrogens with one attached hydrogen (secondary N) is 1. The molecule has 0 saturated carbocycles. The van der Waals surface area contributed by atoms with Crippen LogP contribution in [-0.4, -0.2) is 16.8 Å². The highest BCUT2D eigenvalue weighted by molar-refractivity contribution is 9.12. The first-order chi connectivity index (χ1) is 7.91. The number of hydrogen-bond donors (Lipinski definition) is 1. The van der Waals surface area contributed by atoms with Gasteiger partial charge in [0.2, 0.25) is 0 Å². The van der Waals surface area contributed by atoms with Crippen molar-refractivity contribution in [1.29, 1.82) is 0 Å². The Hall–Kier alpha value is 0.610. The first-order valence-corrected chi connectivity index (χ1v) is 8.77. The van der Waals surface area contributed by atoms with Crippen LogP contribution in [0.15, 0.2) is 13.6 Å². The van der Waals surface area contributed by atoms with Gasteiger partial charge in [0.1, 0.15) is 0 Å². The topological polar surface area (TPSA) is 29.1 Å². The zero-order valence-corrected chi connectivity index (χ0v) is 15.2. The Kier molecular flexibility index (Phi) is 6.16. The maximum absolute atomic E-state index is 12.2. The monoisotopic (exact) mass is 445 g/mol. The van der Waals surface area contributed by atoms with Crippen molar-refractivity contribution < 1.29 is 4.79 Å². The summed E-state index contributed by atoms with van der Waals surface area (Å²) in [6.07, 6.45) is 1.82. The number of carbonyl (C=O) groups excluding carboxylic acids is 1.